The Balaban J connectivity index is 1.80. The summed E-state index contributed by atoms with van der Waals surface area (Å²) in [5.41, 5.74) is -0.813. The van der Waals surface area contributed by atoms with Gasteiger partial charge in [-0.3, -0.25) is 0 Å². The Morgan fingerprint density at radius 3 is 2.83 bits per heavy atom. The van der Waals surface area contributed by atoms with Crippen LogP contribution in [0.1, 0.15) is 10.4 Å². The van der Waals surface area contributed by atoms with Gasteiger partial charge in [0.1, 0.15) is 0 Å². The van der Waals surface area contributed by atoms with Crippen molar-refractivity contribution < 1.29 is 22.8 Å². The van der Waals surface area contributed by atoms with Crippen LogP contribution < -0.4 is 14.9 Å². The van der Waals surface area contributed by atoms with Crippen molar-refractivity contribution in [1.82, 2.24) is 5.10 Å². The van der Waals surface area contributed by atoms with Crippen LogP contribution in [0, 0.1) is 6.92 Å². The van der Waals surface area contributed by atoms with Crippen LogP contribution in [0.2, 0.25) is 0 Å². The number of nitrogens with one attached hydrogen (secondary N) is 1. The lowest BCUT2D eigenvalue weighted by atomic mass is 10.2. The number of fused-ring (bicyclic) bond motifs is 1. The Hall–Kier alpha value is -2.20. The molecule has 2 heterocycles. The minimum Gasteiger partial charge on any atom is -0.846 e. The Kier molecular flexibility index (Phi) is 3.94. The van der Waals surface area contributed by atoms with Crippen molar-refractivity contribution in [2.75, 3.05) is 5.32 Å². The maximum atomic E-state index is 12.6. The van der Waals surface area contributed by atoms with Crippen LogP contribution in [0.4, 0.5) is 24.0 Å². The van der Waals surface area contributed by atoms with E-state index in [0.717, 1.165) is 21.2 Å². The second-order valence-electron chi connectivity index (χ2n) is 4.56. The first kappa shape index (κ1) is 15.7. The average Bonchev–Trinajstić information content (AvgIpc) is 2.94. The number of anilines is 1. The number of amidine groups is 1. The van der Waals surface area contributed by atoms with Gasteiger partial charge in [0.25, 0.3) is 5.13 Å². The van der Waals surface area contributed by atoms with Gasteiger partial charge in [0.05, 0.1) is 16.5 Å². The molecule has 3 rings (SSSR count). The zero-order valence-corrected chi connectivity index (χ0v) is 13.2. The Bertz CT molecular complexity index is 853. The summed E-state index contributed by atoms with van der Waals surface area (Å²) in [5, 5.41) is 18.5. The molecule has 1 N–H and O–H groups in total. The highest BCUT2D eigenvalue weighted by Crippen LogP contribution is 2.30. The number of hydrogen-bond acceptors (Lipinski definition) is 5. The first-order valence-electron chi connectivity index (χ1n) is 6.30. The minimum atomic E-state index is -4.47. The molecule has 0 bridgehead atoms. The summed E-state index contributed by atoms with van der Waals surface area (Å²) >= 11 is 2.74. The summed E-state index contributed by atoms with van der Waals surface area (Å²) in [6.07, 6.45) is -2.66. The fourth-order valence-electron chi connectivity index (χ4n) is 1.82. The van der Waals surface area contributed by atoms with Gasteiger partial charge in [-0.2, -0.15) is 13.2 Å². The summed E-state index contributed by atoms with van der Waals surface area (Å²) in [7, 11) is 0. The summed E-state index contributed by atoms with van der Waals surface area (Å²) in [5.74, 6) is 0. The predicted octanol–water partition coefficient (Wildman–Crippen LogP) is 2.73. The monoisotopic (exact) mass is 358 g/mol. The Labute approximate surface area is 136 Å². The van der Waals surface area contributed by atoms with E-state index < -0.39 is 17.8 Å². The van der Waals surface area contributed by atoms with Gasteiger partial charge in [0.2, 0.25) is 6.20 Å². The van der Waals surface area contributed by atoms with E-state index in [2.05, 4.69) is 15.4 Å². The molecule has 0 aliphatic carbocycles. The number of rotatable bonds is 2. The SMILES string of the molecule is Cc1c[n+]2nc(/N=C(\[O-])Nc3cccc(C(F)(F)F)c3)sc2s1. The van der Waals surface area contributed by atoms with Crippen LogP contribution in [0.5, 0.6) is 0 Å². The van der Waals surface area contributed by atoms with Crippen molar-refractivity contribution in [3.05, 3.63) is 40.9 Å². The second kappa shape index (κ2) is 5.78. The standard InChI is InChI=1S/C13H9F3N4OS2/c1-7-6-20-12(22-7)23-11(19-20)18-10(21)17-9-4-2-3-8(5-9)13(14,15)16/h2-6H,1H3,(H-,17,18,19,21). The molecule has 0 aliphatic rings. The van der Waals surface area contributed by atoms with E-state index >= 15 is 0 Å². The van der Waals surface area contributed by atoms with Crippen molar-refractivity contribution in [3.63, 3.8) is 0 Å². The smallest absolute Gasteiger partial charge is 0.416 e. The fourth-order valence-corrected chi connectivity index (χ4v) is 3.82. The highest BCUT2D eigenvalue weighted by atomic mass is 32.2. The molecule has 0 saturated carbocycles. The number of benzene rings is 1. The number of aliphatic imine (C=N–C) groups is 1. The van der Waals surface area contributed by atoms with E-state index in [4.69, 9.17) is 0 Å². The van der Waals surface area contributed by atoms with Gasteiger partial charge >= 0.3 is 10.3 Å². The first-order valence-corrected chi connectivity index (χ1v) is 7.93. The summed E-state index contributed by atoms with van der Waals surface area (Å²) in [6, 6.07) is 3.59. The zero-order valence-electron chi connectivity index (χ0n) is 11.6. The molecule has 1 aromatic carbocycles. The molecule has 23 heavy (non-hydrogen) atoms. The van der Waals surface area contributed by atoms with Gasteiger partial charge in [0.15, 0.2) is 0 Å². The van der Waals surface area contributed by atoms with E-state index in [1.807, 2.05) is 6.92 Å². The molecule has 10 heteroatoms. The molecule has 0 saturated heterocycles. The van der Waals surface area contributed by atoms with Crippen LogP contribution in [0.25, 0.3) is 4.14 Å². The molecule has 0 spiro atoms. The van der Waals surface area contributed by atoms with E-state index in [9.17, 15) is 18.3 Å². The quantitative estimate of drug-likeness (QED) is 0.435. The average molecular weight is 358 g/mol. The van der Waals surface area contributed by atoms with E-state index in [1.165, 1.54) is 34.8 Å². The molecular formula is C13H9F3N4OS2. The largest absolute Gasteiger partial charge is 0.846 e. The van der Waals surface area contributed by atoms with Gasteiger partial charge in [-0.25, -0.2) is 4.99 Å². The molecule has 0 atom stereocenters. The number of alkyl halides is 3. The highest BCUT2D eigenvalue weighted by Gasteiger charge is 2.30. The van der Waals surface area contributed by atoms with Crippen molar-refractivity contribution in [3.8, 4) is 0 Å². The maximum absolute atomic E-state index is 12.6. The third-order valence-corrected chi connectivity index (χ3v) is 4.76. The van der Waals surface area contributed by atoms with Crippen molar-refractivity contribution in [2.45, 2.75) is 13.1 Å². The summed E-state index contributed by atoms with van der Waals surface area (Å²) in [6.45, 7) is 1.93. The molecular weight excluding hydrogens is 349 g/mol. The Morgan fingerprint density at radius 2 is 2.13 bits per heavy atom. The minimum absolute atomic E-state index is 0.0236. The van der Waals surface area contributed by atoms with Gasteiger partial charge < -0.3 is 10.4 Å². The molecule has 120 valence electrons. The number of nitrogens with zero attached hydrogens (tertiary/aromatic N) is 3. The molecule has 3 aromatic rings. The van der Waals surface area contributed by atoms with Crippen LogP contribution in [0.3, 0.4) is 0 Å². The lowest BCUT2D eigenvalue weighted by molar-refractivity contribution is -0.571. The van der Waals surface area contributed by atoms with Gasteiger partial charge in [-0.1, -0.05) is 17.4 Å². The van der Waals surface area contributed by atoms with Crippen molar-refractivity contribution >= 4 is 43.7 Å². The van der Waals surface area contributed by atoms with Gasteiger partial charge in [-0.15, -0.1) is 0 Å². The number of halogens is 3. The molecule has 0 radical (unpaired) electrons. The molecule has 2 aromatic heterocycles. The molecule has 0 unspecified atom stereocenters. The predicted molar refractivity (Wildman–Crippen MR) is 80.0 cm³/mol. The topological polar surface area (TPSA) is 64.4 Å². The van der Waals surface area contributed by atoms with Crippen LogP contribution >= 0.6 is 22.7 Å². The fraction of sp³-hybridized carbons (Fsp3) is 0.154. The lowest BCUT2D eigenvalue weighted by Gasteiger charge is -2.14. The second-order valence-corrected chi connectivity index (χ2v) is 7.01. The summed E-state index contributed by atoms with van der Waals surface area (Å²) in [4.78, 5) is 4.82. The third kappa shape index (κ3) is 3.59. The van der Waals surface area contributed by atoms with Crippen molar-refractivity contribution in [2.24, 2.45) is 4.99 Å². The highest BCUT2D eigenvalue weighted by molar-refractivity contribution is 7.36. The van der Waals surface area contributed by atoms with Gasteiger partial charge in [0, 0.05) is 10.8 Å². The maximum Gasteiger partial charge on any atom is 0.416 e. The molecule has 5 nitrogen and oxygen atoms in total. The molecule has 0 fully saturated rings. The number of thiazole rings is 1. The number of aryl methyl sites for hydroxylation is 1. The van der Waals surface area contributed by atoms with Gasteiger partial charge in [-0.05, 0) is 41.0 Å². The lowest BCUT2D eigenvalue weighted by Crippen LogP contribution is -2.27. The van der Waals surface area contributed by atoms with E-state index in [0.29, 0.717) is 0 Å². The van der Waals surface area contributed by atoms with Crippen LogP contribution in [0.15, 0.2) is 35.5 Å². The number of hydrogen-bond donors (Lipinski definition) is 1. The van der Waals surface area contributed by atoms with Crippen LogP contribution in [-0.2, 0) is 6.18 Å². The Morgan fingerprint density at radius 1 is 1.35 bits per heavy atom. The zero-order chi connectivity index (χ0) is 16.6. The third-order valence-electron chi connectivity index (χ3n) is 2.75. The van der Waals surface area contributed by atoms with E-state index in [1.54, 1.807) is 10.7 Å². The molecule has 0 amide bonds. The normalized spacial score (nSPS) is 12.8. The van der Waals surface area contributed by atoms with Crippen LogP contribution in [-0.4, -0.2) is 11.1 Å². The first-order chi connectivity index (χ1) is 10.8. The van der Waals surface area contributed by atoms with E-state index in [-0.39, 0.29) is 10.8 Å². The number of aromatic nitrogens is 2. The molecule has 0 aliphatic heterocycles. The summed E-state index contributed by atoms with van der Waals surface area (Å²) < 4.78 is 40.3. The van der Waals surface area contributed by atoms with Crippen molar-refractivity contribution in [1.29, 1.82) is 0 Å².